The van der Waals surface area contributed by atoms with Gasteiger partial charge in [0.1, 0.15) is 6.10 Å². The average Bonchev–Trinajstić information content (AvgIpc) is 2.25. The van der Waals surface area contributed by atoms with Crippen LogP contribution in [0.5, 0.6) is 0 Å². The van der Waals surface area contributed by atoms with Crippen LogP contribution in [0.2, 0.25) is 0 Å². The number of ether oxygens (including phenoxy) is 2. The zero-order valence-electron chi connectivity index (χ0n) is 7.36. The minimum Gasteiger partial charge on any atom is -0.344 e. The van der Waals surface area contributed by atoms with E-state index in [4.69, 9.17) is 9.47 Å². The summed E-state index contributed by atoms with van der Waals surface area (Å²) in [7, 11) is 0. The van der Waals surface area contributed by atoms with Crippen LogP contribution in [0.1, 0.15) is 20.3 Å². The van der Waals surface area contributed by atoms with Gasteiger partial charge in [0.05, 0.1) is 6.10 Å². The average molecular weight is 186 g/mol. The van der Waals surface area contributed by atoms with Crippen molar-refractivity contribution >= 4 is 12.6 Å². The van der Waals surface area contributed by atoms with Crippen LogP contribution in [0.25, 0.3) is 0 Å². The summed E-state index contributed by atoms with van der Waals surface area (Å²) in [6, 6.07) is 0. The molecule has 12 heavy (non-hydrogen) atoms. The fourth-order valence-electron chi connectivity index (χ4n) is 1.80. The molecule has 2 aliphatic rings. The second-order valence-electron chi connectivity index (χ2n) is 3.79. The van der Waals surface area contributed by atoms with Crippen molar-refractivity contribution in [2.45, 2.75) is 43.5 Å². The normalized spacial score (nSPS) is 44.4. The van der Waals surface area contributed by atoms with E-state index in [1.165, 1.54) is 0 Å². The minimum absolute atomic E-state index is 0.133. The van der Waals surface area contributed by atoms with Gasteiger partial charge in [0.15, 0.2) is 5.79 Å². The first-order valence-electron chi connectivity index (χ1n) is 4.29. The van der Waals surface area contributed by atoms with E-state index in [1.807, 2.05) is 13.8 Å². The molecule has 2 nitrogen and oxygen atoms in total. The van der Waals surface area contributed by atoms with E-state index in [2.05, 4.69) is 24.8 Å². The molecule has 68 valence electrons. The second kappa shape index (κ2) is 2.76. The quantitative estimate of drug-likeness (QED) is 0.459. The molecule has 3 atom stereocenters. The van der Waals surface area contributed by atoms with Crippen LogP contribution in [0.15, 0.2) is 12.2 Å². The Morgan fingerprint density at radius 3 is 2.83 bits per heavy atom. The van der Waals surface area contributed by atoms with Crippen molar-refractivity contribution in [2.24, 2.45) is 0 Å². The van der Waals surface area contributed by atoms with Crippen molar-refractivity contribution in [3.05, 3.63) is 12.2 Å². The zero-order chi connectivity index (χ0) is 8.77. The molecule has 0 aromatic heterocycles. The largest absolute Gasteiger partial charge is 0.344 e. The summed E-state index contributed by atoms with van der Waals surface area (Å²) in [6.45, 7) is 3.90. The van der Waals surface area contributed by atoms with Crippen molar-refractivity contribution in [1.29, 1.82) is 0 Å². The van der Waals surface area contributed by atoms with Crippen molar-refractivity contribution in [1.82, 2.24) is 0 Å². The third kappa shape index (κ3) is 1.41. The van der Waals surface area contributed by atoms with Crippen LogP contribution in [0, 0.1) is 0 Å². The molecule has 1 saturated heterocycles. The van der Waals surface area contributed by atoms with Gasteiger partial charge in [0.2, 0.25) is 0 Å². The molecule has 0 N–H and O–H groups in total. The topological polar surface area (TPSA) is 18.5 Å². The highest BCUT2D eigenvalue weighted by Crippen LogP contribution is 2.35. The molecule has 0 radical (unpaired) electrons. The highest BCUT2D eigenvalue weighted by molar-refractivity contribution is 7.81. The van der Waals surface area contributed by atoms with E-state index in [0.717, 1.165) is 6.42 Å². The van der Waals surface area contributed by atoms with Gasteiger partial charge in [-0.25, -0.2) is 0 Å². The van der Waals surface area contributed by atoms with Gasteiger partial charge in [-0.05, 0) is 20.3 Å². The summed E-state index contributed by atoms with van der Waals surface area (Å²) < 4.78 is 11.4. The van der Waals surface area contributed by atoms with Gasteiger partial charge < -0.3 is 9.47 Å². The van der Waals surface area contributed by atoms with Crippen LogP contribution >= 0.6 is 12.6 Å². The van der Waals surface area contributed by atoms with E-state index >= 15 is 0 Å². The van der Waals surface area contributed by atoms with E-state index in [1.54, 1.807) is 0 Å². The van der Waals surface area contributed by atoms with Crippen molar-refractivity contribution in [3.8, 4) is 0 Å². The van der Waals surface area contributed by atoms with E-state index in [-0.39, 0.29) is 17.5 Å². The molecule has 1 heterocycles. The van der Waals surface area contributed by atoms with Crippen LogP contribution in [-0.4, -0.2) is 23.2 Å². The highest BCUT2D eigenvalue weighted by atomic mass is 32.1. The van der Waals surface area contributed by atoms with Gasteiger partial charge in [-0.3, -0.25) is 0 Å². The van der Waals surface area contributed by atoms with Crippen molar-refractivity contribution < 1.29 is 9.47 Å². The predicted octanol–water partition coefficient (Wildman–Crippen LogP) is 1.76. The lowest BCUT2D eigenvalue weighted by molar-refractivity contribution is -0.144. The molecular weight excluding hydrogens is 172 g/mol. The Hall–Kier alpha value is 0.01000. The molecule has 0 amide bonds. The molecule has 0 aromatic carbocycles. The Labute approximate surface area is 78.3 Å². The molecule has 3 heteroatoms. The van der Waals surface area contributed by atoms with Crippen LogP contribution < -0.4 is 0 Å². The summed E-state index contributed by atoms with van der Waals surface area (Å²) in [5.74, 6) is -0.428. The molecule has 0 bridgehead atoms. The van der Waals surface area contributed by atoms with Gasteiger partial charge in [0, 0.05) is 5.25 Å². The van der Waals surface area contributed by atoms with Crippen LogP contribution in [0.4, 0.5) is 0 Å². The number of thiol groups is 1. The standard InChI is InChI=1S/C9H14O2S/c1-9(2)10-6-4-3-5-7(12)8(6)11-9/h3,5-8,12H,4H2,1-2H3/t6-,7-,8-/m0/s1. The Kier molecular flexibility index (Phi) is 1.97. The third-order valence-corrected chi connectivity index (χ3v) is 2.73. The van der Waals surface area contributed by atoms with E-state index in [9.17, 15) is 0 Å². The monoisotopic (exact) mass is 186 g/mol. The summed E-state index contributed by atoms with van der Waals surface area (Å²) >= 11 is 4.42. The van der Waals surface area contributed by atoms with E-state index in [0.29, 0.717) is 0 Å². The number of hydrogen-bond donors (Lipinski definition) is 1. The zero-order valence-corrected chi connectivity index (χ0v) is 8.25. The third-order valence-electron chi connectivity index (χ3n) is 2.26. The van der Waals surface area contributed by atoms with Gasteiger partial charge in [-0.1, -0.05) is 12.2 Å². The summed E-state index contributed by atoms with van der Waals surface area (Å²) in [5.41, 5.74) is 0. The molecule has 0 spiro atoms. The van der Waals surface area contributed by atoms with E-state index < -0.39 is 5.79 Å². The van der Waals surface area contributed by atoms with Gasteiger partial charge in [-0.2, -0.15) is 12.6 Å². The Balaban J connectivity index is 2.15. The highest BCUT2D eigenvalue weighted by Gasteiger charge is 2.44. The first-order valence-corrected chi connectivity index (χ1v) is 4.80. The smallest absolute Gasteiger partial charge is 0.163 e. The Bertz CT molecular complexity index is 213. The molecule has 2 rings (SSSR count). The van der Waals surface area contributed by atoms with Crippen LogP contribution in [-0.2, 0) is 9.47 Å². The fraction of sp³-hybridized carbons (Fsp3) is 0.778. The minimum atomic E-state index is -0.428. The maximum atomic E-state index is 5.72. The molecule has 0 saturated carbocycles. The van der Waals surface area contributed by atoms with Gasteiger partial charge in [0.25, 0.3) is 0 Å². The SMILES string of the molecule is CC1(C)O[C@H]2[C@H](CC=C[C@@H]2S)O1. The first-order chi connectivity index (χ1) is 5.58. The Morgan fingerprint density at radius 2 is 2.17 bits per heavy atom. The predicted molar refractivity (Wildman–Crippen MR) is 50.4 cm³/mol. The molecule has 0 aromatic rings. The van der Waals surface area contributed by atoms with Gasteiger partial charge in [-0.15, -0.1) is 0 Å². The summed E-state index contributed by atoms with van der Waals surface area (Å²) in [4.78, 5) is 0. The summed E-state index contributed by atoms with van der Waals surface area (Å²) in [6.07, 6.45) is 5.48. The number of rotatable bonds is 0. The lowest BCUT2D eigenvalue weighted by Crippen LogP contribution is -2.33. The van der Waals surface area contributed by atoms with Crippen molar-refractivity contribution in [3.63, 3.8) is 0 Å². The maximum absolute atomic E-state index is 5.72. The fourth-order valence-corrected chi connectivity index (χ4v) is 2.17. The molecule has 0 unspecified atom stereocenters. The van der Waals surface area contributed by atoms with Gasteiger partial charge >= 0.3 is 0 Å². The first kappa shape index (κ1) is 8.60. The van der Waals surface area contributed by atoms with Crippen LogP contribution in [0.3, 0.4) is 0 Å². The number of hydrogen-bond acceptors (Lipinski definition) is 3. The molecule has 1 fully saturated rings. The summed E-state index contributed by atoms with van der Waals surface area (Å²) in [5, 5.41) is 0.186. The molecule has 1 aliphatic heterocycles. The van der Waals surface area contributed by atoms with Crippen molar-refractivity contribution in [2.75, 3.05) is 0 Å². The maximum Gasteiger partial charge on any atom is 0.163 e. The lowest BCUT2D eigenvalue weighted by atomic mass is 10.0. The lowest BCUT2D eigenvalue weighted by Gasteiger charge is -2.22. The molecular formula is C9H14O2S. The second-order valence-corrected chi connectivity index (χ2v) is 4.39. The number of fused-ring (bicyclic) bond motifs is 1. The molecule has 1 aliphatic carbocycles. The Morgan fingerprint density at radius 1 is 1.42 bits per heavy atom.